The van der Waals surface area contributed by atoms with E-state index >= 15 is 0 Å². The highest BCUT2D eigenvalue weighted by molar-refractivity contribution is 5.77. The first-order chi connectivity index (χ1) is 7.54. The molecule has 0 saturated heterocycles. The molecule has 16 heavy (non-hydrogen) atoms. The summed E-state index contributed by atoms with van der Waals surface area (Å²) in [4.78, 5) is 11.0. The van der Waals surface area contributed by atoms with Crippen LogP contribution in [0.3, 0.4) is 0 Å². The summed E-state index contributed by atoms with van der Waals surface area (Å²) in [6.07, 6.45) is 0. The number of anilines is 1. The Balaban J connectivity index is 2.81. The van der Waals surface area contributed by atoms with Crippen molar-refractivity contribution in [3.63, 3.8) is 0 Å². The van der Waals surface area contributed by atoms with Crippen molar-refractivity contribution in [3.05, 3.63) is 24.3 Å². The Morgan fingerprint density at radius 1 is 1.44 bits per heavy atom. The highest BCUT2D eigenvalue weighted by Gasteiger charge is 2.20. The average molecular weight is 223 g/mol. The molecule has 0 aliphatic rings. The van der Waals surface area contributed by atoms with Gasteiger partial charge in [0, 0.05) is 11.8 Å². The van der Waals surface area contributed by atoms with E-state index in [0.717, 1.165) is 5.69 Å². The second-order valence-electron chi connectivity index (χ2n) is 3.94. The quantitative estimate of drug-likeness (QED) is 0.803. The van der Waals surface area contributed by atoms with Crippen molar-refractivity contribution in [2.24, 2.45) is 5.92 Å². The lowest BCUT2D eigenvalue weighted by molar-refractivity contribution is -0.138. The molecule has 0 radical (unpaired) electrons. The summed E-state index contributed by atoms with van der Waals surface area (Å²) >= 11 is 0. The monoisotopic (exact) mass is 223 g/mol. The van der Waals surface area contributed by atoms with E-state index in [0.29, 0.717) is 5.75 Å². The minimum absolute atomic E-state index is 0.0173. The molecule has 0 aliphatic heterocycles. The summed E-state index contributed by atoms with van der Waals surface area (Å²) in [5, 5.41) is 12.0. The average Bonchev–Trinajstić information content (AvgIpc) is 2.25. The van der Waals surface area contributed by atoms with Crippen molar-refractivity contribution in [2.45, 2.75) is 19.9 Å². The summed E-state index contributed by atoms with van der Waals surface area (Å²) in [6.45, 7) is 3.73. The van der Waals surface area contributed by atoms with Crippen molar-refractivity contribution in [2.75, 3.05) is 12.4 Å². The summed E-state index contributed by atoms with van der Waals surface area (Å²) in [5.41, 5.74) is 0.750. The normalized spacial score (nSPS) is 12.2. The summed E-state index contributed by atoms with van der Waals surface area (Å²) in [7, 11) is 1.58. The van der Waals surface area contributed by atoms with Gasteiger partial charge >= 0.3 is 5.97 Å². The second-order valence-corrected chi connectivity index (χ2v) is 3.94. The molecule has 2 N–H and O–H groups in total. The van der Waals surface area contributed by atoms with Crippen LogP contribution in [-0.2, 0) is 4.79 Å². The van der Waals surface area contributed by atoms with Gasteiger partial charge in [0.1, 0.15) is 11.8 Å². The zero-order chi connectivity index (χ0) is 12.1. The maximum absolute atomic E-state index is 11.0. The van der Waals surface area contributed by atoms with E-state index in [1.165, 1.54) is 0 Å². The van der Waals surface area contributed by atoms with Crippen molar-refractivity contribution < 1.29 is 14.6 Å². The molecule has 0 saturated carbocycles. The minimum Gasteiger partial charge on any atom is -0.497 e. The molecule has 0 aromatic heterocycles. The van der Waals surface area contributed by atoms with E-state index in [1.807, 2.05) is 32.0 Å². The standard InChI is InChI=1S/C12H17NO3/c1-8(2)11(12(14)15)13-9-5-4-6-10(7-9)16-3/h4-8,11,13H,1-3H3,(H,14,15)/t11-/m0/s1. The molecule has 0 spiro atoms. The van der Waals surface area contributed by atoms with E-state index in [4.69, 9.17) is 9.84 Å². The smallest absolute Gasteiger partial charge is 0.326 e. The Labute approximate surface area is 95.2 Å². The van der Waals surface area contributed by atoms with Crippen molar-refractivity contribution >= 4 is 11.7 Å². The number of benzene rings is 1. The Morgan fingerprint density at radius 3 is 2.62 bits per heavy atom. The van der Waals surface area contributed by atoms with Crippen LogP contribution in [-0.4, -0.2) is 24.2 Å². The molecule has 0 amide bonds. The van der Waals surface area contributed by atoms with Gasteiger partial charge in [0.15, 0.2) is 0 Å². The lowest BCUT2D eigenvalue weighted by atomic mass is 10.0. The summed E-state index contributed by atoms with van der Waals surface area (Å²) in [5.74, 6) is -0.126. The van der Waals surface area contributed by atoms with Crippen LogP contribution in [0.2, 0.25) is 0 Å². The van der Waals surface area contributed by atoms with Crippen LogP contribution in [0.15, 0.2) is 24.3 Å². The molecule has 1 atom stereocenters. The molecule has 4 heteroatoms. The van der Waals surface area contributed by atoms with Gasteiger partial charge in [-0.3, -0.25) is 0 Å². The Hall–Kier alpha value is -1.71. The number of hydrogen-bond acceptors (Lipinski definition) is 3. The molecule has 0 aliphatic carbocycles. The highest BCUT2D eigenvalue weighted by Crippen LogP contribution is 2.19. The number of rotatable bonds is 5. The van der Waals surface area contributed by atoms with Gasteiger partial charge in [-0.1, -0.05) is 19.9 Å². The van der Waals surface area contributed by atoms with Crippen LogP contribution in [0.4, 0.5) is 5.69 Å². The number of aliphatic carboxylic acids is 1. The summed E-state index contributed by atoms with van der Waals surface area (Å²) < 4.78 is 5.07. The van der Waals surface area contributed by atoms with Crippen LogP contribution in [0.25, 0.3) is 0 Å². The number of carboxylic acids is 1. The number of ether oxygens (including phenoxy) is 1. The second kappa shape index (κ2) is 5.39. The fourth-order valence-electron chi connectivity index (χ4n) is 1.41. The van der Waals surface area contributed by atoms with Gasteiger partial charge in [-0.15, -0.1) is 0 Å². The molecular formula is C12H17NO3. The van der Waals surface area contributed by atoms with Crippen LogP contribution >= 0.6 is 0 Å². The number of nitrogens with one attached hydrogen (secondary N) is 1. The molecular weight excluding hydrogens is 206 g/mol. The predicted molar refractivity (Wildman–Crippen MR) is 62.9 cm³/mol. The fourth-order valence-corrected chi connectivity index (χ4v) is 1.41. The van der Waals surface area contributed by atoms with Crippen molar-refractivity contribution in [3.8, 4) is 5.75 Å². The molecule has 1 aromatic rings. The number of carbonyl (C=O) groups is 1. The molecule has 0 fully saturated rings. The predicted octanol–water partition coefficient (Wildman–Crippen LogP) is 2.22. The zero-order valence-corrected chi connectivity index (χ0v) is 9.73. The molecule has 1 aromatic carbocycles. The number of hydrogen-bond donors (Lipinski definition) is 2. The van der Waals surface area contributed by atoms with E-state index in [2.05, 4.69) is 5.32 Å². The molecule has 1 rings (SSSR count). The van der Waals surface area contributed by atoms with Crippen molar-refractivity contribution in [1.82, 2.24) is 0 Å². The molecule has 0 heterocycles. The van der Waals surface area contributed by atoms with Gasteiger partial charge in [-0.2, -0.15) is 0 Å². The maximum atomic E-state index is 11.0. The van der Waals surface area contributed by atoms with Gasteiger partial charge in [-0.05, 0) is 18.1 Å². The van der Waals surface area contributed by atoms with Crippen LogP contribution < -0.4 is 10.1 Å². The van der Waals surface area contributed by atoms with Gasteiger partial charge in [0.25, 0.3) is 0 Å². The first-order valence-corrected chi connectivity index (χ1v) is 5.18. The lowest BCUT2D eigenvalue weighted by Crippen LogP contribution is -2.34. The lowest BCUT2D eigenvalue weighted by Gasteiger charge is -2.19. The fraction of sp³-hybridized carbons (Fsp3) is 0.417. The number of methoxy groups -OCH3 is 1. The van der Waals surface area contributed by atoms with Gasteiger partial charge in [0.2, 0.25) is 0 Å². The van der Waals surface area contributed by atoms with E-state index < -0.39 is 12.0 Å². The van der Waals surface area contributed by atoms with Crippen LogP contribution in [0.1, 0.15) is 13.8 Å². The Kier molecular flexibility index (Phi) is 4.17. The third-order valence-corrected chi connectivity index (χ3v) is 2.32. The highest BCUT2D eigenvalue weighted by atomic mass is 16.5. The zero-order valence-electron chi connectivity index (χ0n) is 9.73. The van der Waals surface area contributed by atoms with Gasteiger partial charge in [-0.25, -0.2) is 4.79 Å². The van der Waals surface area contributed by atoms with Gasteiger partial charge < -0.3 is 15.2 Å². The maximum Gasteiger partial charge on any atom is 0.326 e. The molecule has 88 valence electrons. The number of carboxylic acid groups (broad SMARTS) is 1. The molecule has 4 nitrogen and oxygen atoms in total. The largest absolute Gasteiger partial charge is 0.497 e. The van der Waals surface area contributed by atoms with Crippen LogP contribution in [0, 0.1) is 5.92 Å². The van der Waals surface area contributed by atoms with Crippen LogP contribution in [0.5, 0.6) is 5.75 Å². The van der Waals surface area contributed by atoms with Crippen molar-refractivity contribution in [1.29, 1.82) is 0 Å². The van der Waals surface area contributed by atoms with E-state index in [-0.39, 0.29) is 5.92 Å². The molecule has 0 unspecified atom stereocenters. The minimum atomic E-state index is -0.849. The third-order valence-electron chi connectivity index (χ3n) is 2.32. The SMILES string of the molecule is COc1cccc(N[C@H](C(=O)O)C(C)C)c1. The molecule has 0 bridgehead atoms. The van der Waals surface area contributed by atoms with Gasteiger partial charge in [0.05, 0.1) is 7.11 Å². The Morgan fingerprint density at radius 2 is 2.12 bits per heavy atom. The topological polar surface area (TPSA) is 58.6 Å². The first-order valence-electron chi connectivity index (χ1n) is 5.18. The van der Waals surface area contributed by atoms with E-state index in [9.17, 15) is 4.79 Å². The Bertz CT molecular complexity index is 363. The first kappa shape index (κ1) is 12.4. The third kappa shape index (κ3) is 3.15. The van der Waals surface area contributed by atoms with E-state index in [1.54, 1.807) is 13.2 Å². The summed E-state index contributed by atoms with van der Waals surface area (Å²) in [6, 6.07) is 6.64.